The number of phenols is 1. The topological polar surface area (TPSA) is 200 Å². The van der Waals surface area contributed by atoms with Gasteiger partial charge in [-0.1, -0.05) is 49.4 Å². The maximum atomic E-state index is 13.0. The van der Waals surface area contributed by atoms with Gasteiger partial charge < -0.3 is 37.2 Å². The van der Waals surface area contributed by atoms with Crippen molar-refractivity contribution in [2.24, 2.45) is 11.7 Å². The molecular formula is C28H34F3N5O7. The fraction of sp³-hybridized carbons (Fsp3) is 0.393. The lowest BCUT2D eigenvalue weighted by Gasteiger charge is -2.24. The van der Waals surface area contributed by atoms with Crippen LogP contribution in [-0.2, 0) is 36.8 Å². The van der Waals surface area contributed by atoms with Crippen molar-refractivity contribution in [3.8, 4) is 5.75 Å². The summed E-state index contributed by atoms with van der Waals surface area (Å²) in [6.07, 6.45) is -5.58. The Balaban J connectivity index is 1.93. The fourth-order valence-corrected chi connectivity index (χ4v) is 3.80. The zero-order valence-electron chi connectivity index (χ0n) is 23.2. The van der Waals surface area contributed by atoms with Gasteiger partial charge >= 0.3 is 12.1 Å². The number of hydrogen-bond donors (Lipinski definition) is 7. The van der Waals surface area contributed by atoms with Gasteiger partial charge in [0.1, 0.15) is 17.8 Å². The molecule has 0 aromatic heterocycles. The number of nitrogens with one attached hydrogen (secondary N) is 4. The van der Waals surface area contributed by atoms with Gasteiger partial charge in [0.15, 0.2) is 0 Å². The molecule has 0 bridgehead atoms. The van der Waals surface area contributed by atoms with Crippen LogP contribution in [0.15, 0.2) is 54.6 Å². The molecule has 0 fully saturated rings. The molecule has 0 aliphatic heterocycles. The molecule has 2 aromatic carbocycles. The van der Waals surface area contributed by atoms with Gasteiger partial charge in [-0.3, -0.25) is 19.2 Å². The third-order valence-electron chi connectivity index (χ3n) is 6.29. The van der Waals surface area contributed by atoms with E-state index < -0.39 is 79.3 Å². The Morgan fingerprint density at radius 1 is 0.791 bits per heavy atom. The lowest BCUT2D eigenvalue weighted by molar-refractivity contribution is -0.175. The SMILES string of the molecule is C[C@@H](C[C@@H](NC(=O)[C@H](Cc1ccccc1)NC(=O)CNC(=O)CNC(=O)[C@@H](N)Cc1ccc(O)cc1)C(=O)O)C(F)(F)F. The van der Waals surface area contributed by atoms with Gasteiger partial charge in [-0.15, -0.1) is 0 Å². The third-order valence-corrected chi connectivity index (χ3v) is 6.29. The summed E-state index contributed by atoms with van der Waals surface area (Å²) in [4.78, 5) is 61.4. The standard InChI is InChI=1S/C28H34F3N5O7/c1-16(28(29,30)31)11-22(27(42)43)36-26(41)21(13-17-5-3-2-4-6-17)35-24(39)15-33-23(38)14-34-25(40)20(32)12-18-7-9-19(37)10-8-18/h2-10,16,20-22,37H,11-15,32H2,1H3,(H,33,38)(H,34,40)(H,35,39)(H,36,41)(H,42,43)/t16-,20-,21-,22+/m0/s1. The van der Waals surface area contributed by atoms with Crippen molar-refractivity contribution in [1.82, 2.24) is 21.3 Å². The average molecular weight is 610 g/mol. The lowest BCUT2D eigenvalue weighted by Crippen LogP contribution is -2.54. The molecule has 0 spiro atoms. The molecular weight excluding hydrogens is 575 g/mol. The van der Waals surface area contributed by atoms with E-state index >= 15 is 0 Å². The Morgan fingerprint density at radius 2 is 1.37 bits per heavy atom. The van der Waals surface area contributed by atoms with Crippen molar-refractivity contribution in [1.29, 1.82) is 0 Å². The molecule has 0 saturated heterocycles. The number of carboxylic acids is 1. The molecule has 0 saturated carbocycles. The second kappa shape index (κ2) is 16.1. The highest BCUT2D eigenvalue weighted by Crippen LogP contribution is 2.29. The van der Waals surface area contributed by atoms with Crippen molar-refractivity contribution in [3.63, 3.8) is 0 Å². The normalized spacial score (nSPS) is 14.0. The summed E-state index contributed by atoms with van der Waals surface area (Å²) < 4.78 is 39.0. The number of aromatic hydroxyl groups is 1. The van der Waals surface area contributed by atoms with E-state index in [1.807, 2.05) is 0 Å². The second-order valence-electron chi connectivity index (χ2n) is 9.86. The summed E-state index contributed by atoms with van der Waals surface area (Å²) >= 11 is 0. The summed E-state index contributed by atoms with van der Waals surface area (Å²) in [5.41, 5.74) is 7.09. The van der Waals surface area contributed by atoms with Gasteiger partial charge in [0, 0.05) is 6.42 Å². The summed E-state index contributed by atoms with van der Waals surface area (Å²) in [7, 11) is 0. The first-order valence-corrected chi connectivity index (χ1v) is 13.2. The summed E-state index contributed by atoms with van der Waals surface area (Å²) in [6, 6.07) is 10.1. The van der Waals surface area contributed by atoms with Gasteiger partial charge in [-0.25, -0.2) is 4.79 Å². The van der Waals surface area contributed by atoms with Gasteiger partial charge in [0.05, 0.1) is 25.0 Å². The zero-order valence-corrected chi connectivity index (χ0v) is 23.2. The average Bonchev–Trinajstić information content (AvgIpc) is 2.95. The van der Waals surface area contributed by atoms with E-state index in [0.717, 1.165) is 6.92 Å². The Morgan fingerprint density at radius 3 is 1.95 bits per heavy atom. The molecule has 0 heterocycles. The molecule has 4 amide bonds. The fourth-order valence-electron chi connectivity index (χ4n) is 3.80. The molecule has 2 aromatic rings. The molecule has 0 aliphatic rings. The minimum Gasteiger partial charge on any atom is -0.508 e. The molecule has 234 valence electrons. The van der Waals surface area contributed by atoms with Crippen LogP contribution in [-0.4, -0.2) is 77.2 Å². The maximum absolute atomic E-state index is 13.0. The molecule has 2 rings (SSSR count). The van der Waals surface area contributed by atoms with Crippen molar-refractivity contribution in [2.45, 2.75) is 50.5 Å². The number of carbonyl (C=O) groups is 5. The largest absolute Gasteiger partial charge is 0.508 e. The molecule has 4 atom stereocenters. The number of carboxylic acid groups (broad SMARTS) is 1. The molecule has 0 radical (unpaired) electrons. The van der Waals surface area contributed by atoms with E-state index in [0.29, 0.717) is 11.1 Å². The Kier molecular flexibility index (Phi) is 12.9. The quantitative estimate of drug-likeness (QED) is 0.150. The number of aliphatic carboxylic acids is 1. The minimum atomic E-state index is -4.68. The van der Waals surface area contributed by atoms with Crippen LogP contribution >= 0.6 is 0 Å². The van der Waals surface area contributed by atoms with E-state index in [-0.39, 0.29) is 18.6 Å². The van der Waals surface area contributed by atoms with Crippen LogP contribution in [0.4, 0.5) is 13.2 Å². The predicted molar refractivity (Wildman–Crippen MR) is 147 cm³/mol. The van der Waals surface area contributed by atoms with E-state index in [1.54, 1.807) is 42.5 Å². The Labute approximate surface area is 245 Å². The number of rotatable bonds is 15. The monoisotopic (exact) mass is 609 g/mol. The van der Waals surface area contributed by atoms with Crippen molar-refractivity contribution in [3.05, 3.63) is 65.7 Å². The van der Waals surface area contributed by atoms with Crippen LogP contribution in [0.1, 0.15) is 24.5 Å². The first kappa shape index (κ1) is 34.5. The molecule has 12 nitrogen and oxygen atoms in total. The highest BCUT2D eigenvalue weighted by atomic mass is 19.4. The van der Waals surface area contributed by atoms with E-state index in [9.17, 15) is 47.4 Å². The van der Waals surface area contributed by atoms with Crippen LogP contribution in [0.25, 0.3) is 0 Å². The number of halogens is 3. The van der Waals surface area contributed by atoms with Gasteiger partial charge in [-0.05, 0) is 36.1 Å². The van der Waals surface area contributed by atoms with Crippen LogP contribution in [0.2, 0.25) is 0 Å². The number of alkyl halides is 3. The van der Waals surface area contributed by atoms with Gasteiger partial charge in [0.2, 0.25) is 23.6 Å². The van der Waals surface area contributed by atoms with E-state index in [4.69, 9.17) is 5.73 Å². The Hall–Kier alpha value is -4.66. The number of amides is 4. The highest BCUT2D eigenvalue weighted by Gasteiger charge is 2.39. The number of phenolic OH excluding ortho intramolecular Hbond substituents is 1. The summed E-state index contributed by atoms with van der Waals surface area (Å²) in [5, 5.41) is 27.7. The van der Waals surface area contributed by atoms with Crippen molar-refractivity contribution in [2.75, 3.05) is 13.1 Å². The van der Waals surface area contributed by atoms with Crippen molar-refractivity contribution >= 4 is 29.6 Å². The first-order valence-electron chi connectivity index (χ1n) is 13.2. The summed E-state index contributed by atoms with van der Waals surface area (Å²) in [5.74, 6) is -6.91. The Bertz CT molecular complexity index is 1260. The molecule has 0 aliphatic carbocycles. The van der Waals surface area contributed by atoms with Crippen molar-refractivity contribution < 1.29 is 47.4 Å². The molecule has 43 heavy (non-hydrogen) atoms. The highest BCUT2D eigenvalue weighted by molar-refractivity contribution is 5.93. The van der Waals surface area contributed by atoms with Gasteiger partial charge in [0.25, 0.3) is 0 Å². The van der Waals surface area contributed by atoms with E-state index in [1.165, 1.54) is 12.1 Å². The van der Waals surface area contributed by atoms with E-state index in [2.05, 4.69) is 21.3 Å². The molecule has 0 unspecified atom stereocenters. The lowest BCUT2D eigenvalue weighted by atomic mass is 10.00. The number of hydrogen-bond acceptors (Lipinski definition) is 7. The van der Waals surface area contributed by atoms with Crippen LogP contribution in [0.5, 0.6) is 5.75 Å². The zero-order chi connectivity index (χ0) is 32.2. The molecule has 15 heteroatoms. The first-order chi connectivity index (χ1) is 20.1. The smallest absolute Gasteiger partial charge is 0.391 e. The van der Waals surface area contributed by atoms with Crippen LogP contribution < -0.4 is 27.0 Å². The number of nitrogens with two attached hydrogens (primary N) is 1. The van der Waals surface area contributed by atoms with Crippen LogP contribution in [0, 0.1) is 5.92 Å². The van der Waals surface area contributed by atoms with Gasteiger partial charge in [-0.2, -0.15) is 13.2 Å². The summed E-state index contributed by atoms with van der Waals surface area (Å²) in [6.45, 7) is -0.346. The second-order valence-corrected chi connectivity index (χ2v) is 9.86. The maximum Gasteiger partial charge on any atom is 0.391 e. The minimum absolute atomic E-state index is 0.0505. The predicted octanol–water partition coefficient (Wildman–Crippen LogP) is 0.380. The third kappa shape index (κ3) is 12.4. The molecule has 8 N–H and O–H groups in total. The number of carbonyl (C=O) groups excluding carboxylic acids is 4. The number of benzene rings is 2. The van der Waals surface area contributed by atoms with Crippen LogP contribution in [0.3, 0.4) is 0 Å².